The van der Waals surface area contributed by atoms with Gasteiger partial charge in [0.2, 0.25) is 0 Å². The van der Waals surface area contributed by atoms with Crippen LogP contribution < -0.4 is 11.1 Å². The highest BCUT2D eigenvalue weighted by Gasteiger charge is 2.04. The van der Waals surface area contributed by atoms with Gasteiger partial charge in [-0.15, -0.1) is 0 Å². The molecule has 1 rings (SSSR count). The summed E-state index contributed by atoms with van der Waals surface area (Å²) in [4.78, 5) is 0. The first-order valence-electron chi connectivity index (χ1n) is 4.91. The van der Waals surface area contributed by atoms with E-state index in [1.54, 1.807) is 6.26 Å². The van der Waals surface area contributed by atoms with Gasteiger partial charge in [-0.05, 0) is 31.5 Å². The Bertz CT molecular complexity index is 366. The van der Waals surface area contributed by atoms with E-state index in [4.69, 9.17) is 5.73 Å². The first-order chi connectivity index (χ1) is 6.99. The topological polar surface area (TPSA) is 55.1 Å². The summed E-state index contributed by atoms with van der Waals surface area (Å²) in [7, 11) is -0.773. The van der Waals surface area contributed by atoms with E-state index >= 15 is 0 Å². The van der Waals surface area contributed by atoms with Crippen molar-refractivity contribution in [2.24, 2.45) is 0 Å². The largest absolute Gasteiger partial charge is 0.398 e. The van der Waals surface area contributed by atoms with E-state index in [9.17, 15) is 4.21 Å². The average Bonchev–Trinajstić information content (AvgIpc) is 2.10. The van der Waals surface area contributed by atoms with Crippen LogP contribution in [0, 0.1) is 6.92 Å². The molecule has 1 aromatic carbocycles. The van der Waals surface area contributed by atoms with Gasteiger partial charge in [0.25, 0.3) is 0 Å². The summed E-state index contributed by atoms with van der Waals surface area (Å²) in [6, 6.07) is 6.07. The third kappa shape index (κ3) is 3.91. The van der Waals surface area contributed by atoms with Gasteiger partial charge in [-0.3, -0.25) is 4.21 Å². The van der Waals surface area contributed by atoms with Crippen LogP contribution in [0.15, 0.2) is 18.2 Å². The van der Waals surface area contributed by atoms with Crippen molar-refractivity contribution in [2.75, 3.05) is 23.1 Å². The van der Waals surface area contributed by atoms with Crippen LogP contribution in [0.25, 0.3) is 0 Å². The molecule has 0 heterocycles. The number of rotatable bonds is 4. The quantitative estimate of drug-likeness (QED) is 0.769. The molecule has 0 saturated heterocycles. The highest BCUT2D eigenvalue weighted by molar-refractivity contribution is 7.84. The molecule has 15 heavy (non-hydrogen) atoms. The molecule has 0 aliphatic heterocycles. The fraction of sp³-hybridized carbons (Fsp3) is 0.455. The highest BCUT2D eigenvalue weighted by Crippen LogP contribution is 2.17. The maximum Gasteiger partial charge on any atom is 0.0431 e. The zero-order chi connectivity index (χ0) is 11.4. The Morgan fingerprint density at radius 2 is 2.20 bits per heavy atom. The molecule has 3 N–H and O–H groups in total. The van der Waals surface area contributed by atoms with Gasteiger partial charge in [0.1, 0.15) is 0 Å². The SMILES string of the molecule is Cc1ccc(NC(C)CS(C)=O)cc1N. The minimum absolute atomic E-state index is 0.193. The summed E-state index contributed by atoms with van der Waals surface area (Å²) in [5, 5.41) is 3.27. The van der Waals surface area contributed by atoms with Crippen LogP contribution in [0.5, 0.6) is 0 Å². The lowest BCUT2D eigenvalue weighted by Crippen LogP contribution is -2.22. The average molecular weight is 226 g/mol. The van der Waals surface area contributed by atoms with E-state index in [0.717, 1.165) is 16.9 Å². The van der Waals surface area contributed by atoms with Gasteiger partial charge in [0.05, 0.1) is 0 Å². The number of nitrogens with one attached hydrogen (secondary N) is 1. The Kier molecular flexibility index (Phi) is 4.15. The van der Waals surface area contributed by atoms with Crippen molar-refractivity contribution in [3.63, 3.8) is 0 Å². The summed E-state index contributed by atoms with van der Waals surface area (Å²) >= 11 is 0. The Balaban J connectivity index is 2.64. The molecule has 0 amide bonds. The van der Waals surface area contributed by atoms with Gasteiger partial charge in [0.15, 0.2) is 0 Å². The molecule has 0 radical (unpaired) electrons. The minimum atomic E-state index is -0.773. The fourth-order valence-electron chi connectivity index (χ4n) is 1.41. The number of aryl methyl sites for hydroxylation is 1. The Morgan fingerprint density at radius 1 is 1.53 bits per heavy atom. The molecule has 0 fully saturated rings. The minimum Gasteiger partial charge on any atom is -0.398 e. The molecule has 4 heteroatoms. The van der Waals surface area contributed by atoms with Gasteiger partial charge in [0, 0.05) is 40.2 Å². The second kappa shape index (κ2) is 5.16. The van der Waals surface area contributed by atoms with Crippen molar-refractivity contribution in [3.05, 3.63) is 23.8 Å². The summed E-state index contributed by atoms with van der Waals surface area (Å²) < 4.78 is 11.0. The van der Waals surface area contributed by atoms with Crippen molar-refractivity contribution in [2.45, 2.75) is 19.9 Å². The number of nitrogens with two attached hydrogens (primary N) is 1. The second-order valence-corrected chi connectivity index (χ2v) is 5.34. The number of anilines is 2. The first-order valence-corrected chi connectivity index (χ1v) is 6.64. The summed E-state index contributed by atoms with van der Waals surface area (Å²) in [5.41, 5.74) is 8.64. The van der Waals surface area contributed by atoms with Crippen LogP contribution >= 0.6 is 0 Å². The molecule has 0 aromatic heterocycles. The van der Waals surface area contributed by atoms with Crippen LogP contribution in [0.3, 0.4) is 0 Å². The van der Waals surface area contributed by atoms with Crippen molar-refractivity contribution >= 4 is 22.2 Å². The lowest BCUT2D eigenvalue weighted by atomic mass is 10.2. The van der Waals surface area contributed by atoms with Crippen molar-refractivity contribution < 1.29 is 4.21 Å². The van der Waals surface area contributed by atoms with Gasteiger partial charge >= 0.3 is 0 Å². The van der Waals surface area contributed by atoms with Crippen LogP contribution in [0.4, 0.5) is 11.4 Å². The van der Waals surface area contributed by atoms with Crippen LogP contribution in [0.2, 0.25) is 0 Å². The van der Waals surface area contributed by atoms with E-state index in [-0.39, 0.29) is 6.04 Å². The Morgan fingerprint density at radius 3 is 2.73 bits per heavy atom. The smallest absolute Gasteiger partial charge is 0.0431 e. The molecular weight excluding hydrogens is 208 g/mol. The molecular formula is C11H18N2OS. The maximum absolute atomic E-state index is 11.0. The van der Waals surface area contributed by atoms with Crippen LogP contribution in [-0.4, -0.2) is 22.3 Å². The summed E-state index contributed by atoms with van der Waals surface area (Å²) in [6.07, 6.45) is 1.71. The normalized spacial score (nSPS) is 14.6. The number of hydrogen-bond acceptors (Lipinski definition) is 3. The molecule has 0 saturated carbocycles. The third-order valence-corrected chi connectivity index (χ3v) is 3.15. The fourth-order valence-corrected chi connectivity index (χ4v) is 2.20. The summed E-state index contributed by atoms with van der Waals surface area (Å²) in [5.74, 6) is 0.647. The summed E-state index contributed by atoms with van der Waals surface area (Å²) in [6.45, 7) is 3.99. The van der Waals surface area contributed by atoms with Crippen molar-refractivity contribution in [1.29, 1.82) is 0 Å². The predicted octanol–water partition coefficient (Wildman–Crippen LogP) is 1.76. The maximum atomic E-state index is 11.0. The number of hydrogen-bond donors (Lipinski definition) is 2. The Labute approximate surface area is 93.5 Å². The Hall–Kier alpha value is -1.03. The molecule has 2 atom stereocenters. The molecule has 3 nitrogen and oxygen atoms in total. The number of benzene rings is 1. The molecule has 2 unspecified atom stereocenters. The highest BCUT2D eigenvalue weighted by atomic mass is 32.2. The molecule has 0 bridgehead atoms. The first kappa shape index (κ1) is 12.0. The standard InChI is InChI=1S/C11H18N2OS/c1-8-4-5-10(6-11(8)12)13-9(2)7-15(3)14/h4-6,9,13H,7,12H2,1-3H3. The lowest BCUT2D eigenvalue weighted by Gasteiger charge is -2.14. The van der Waals surface area contributed by atoms with Crippen LogP contribution in [-0.2, 0) is 10.8 Å². The van der Waals surface area contributed by atoms with E-state index < -0.39 is 10.8 Å². The zero-order valence-electron chi connectivity index (χ0n) is 9.41. The molecule has 0 spiro atoms. The number of nitrogen functional groups attached to an aromatic ring is 1. The van der Waals surface area contributed by atoms with Gasteiger partial charge in [-0.1, -0.05) is 6.07 Å². The molecule has 0 aliphatic rings. The zero-order valence-corrected chi connectivity index (χ0v) is 10.2. The molecule has 84 valence electrons. The van der Waals surface area contributed by atoms with E-state index in [2.05, 4.69) is 5.32 Å². The van der Waals surface area contributed by atoms with Crippen LogP contribution in [0.1, 0.15) is 12.5 Å². The molecule has 1 aromatic rings. The van der Waals surface area contributed by atoms with Gasteiger partial charge in [-0.25, -0.2) is 0 Å². The third-order valence-electron chi connectivity index (χ3n) is 2.18. The van der Waals surface area contributed by atoms with Crippen molar-refractivity contribution in [3.8, 4) is 0 Å². The van der Waals surface area contributed by atoms with E-state index in [0.29, 0.717) is 5.75 Å². The lowest BCUT2D eigenvalue weighted by molar-refractivity contribution is 0.683. The van der Waals surface area contributed by atoms with E-state index in [1.165, 1.54) is 0 Å². The van der Waals surface area contributed by atoms with Gasteiger partial charge in [-0.2, -0.15) is 0 Å². The monoisotopic (exact) mass is 226 g/mol. The van der Waals surface area contributed by atoms with E-state index in [1.807, 2.05) is 32.0 Å². The second-order valence-electron chi connectivity index (χ2n) is 3.86. The van der Waals surface area contributed by atoms with Gasteiger partial charge < -0.3 is 11.1 Å². The van der Waals surface area contributed by atoms with Crippen molar-refractivity contribution in [1.82, 2.24) is 0 Å². The predicted molar refractivity (Wildman–Crippen MR) is 67.6 cm³/mol. The molecule has 0 aliphatic carbocycles.